The molecule has 0 saturated heterocycles. The van der Waals surface area contributed by atoms with Crippen molar-refractivity contribution in [1.29, 1.82) is 0 Å². The first-order valence-corrected chi connectivity index (χ1v) is 4.79. The summed E-state index contributed by atoms with van der Waals surface area (Å²) < 4.78 is 88.5. The molecule has 1 heteroatoms. The Balaban J connectivity index is 2.64. The molecule has 0 radical (unpaired) electrons. The highest BCUT2D eigenvalue weighted by molar-refractivity contribution is 5.87. The van der Waals surface area contributed by atoms with Crippen LogP contribution in [0.3, 0.4) is 0 Å². The summed E-state index contributed by atoms with van der Waals surface area (Å²) >= 11 is 0. The number of nitrogen functional groups attached to an aromatic ring is 1. The minimum Gasteiger partial charge on any atom is -0.399 e. The van der Waals surface area contributed by atoms with Crippen molar-refractivity contribution in [3.05, 3.63) is 66.5 Å². The van der Waals surface area contributed by atoms with E-state index in [4.69, 9.17) is 20.8 Å². The van der Waals surface area contributed by atoms with Gasteiger partial charge in [0, 0.05) is 5.69 Å². The number of benzene rings is 3. The summed E-state index contributed by atoms with van der Waals surface area (Å²) in [6, 6.07) is -6.48. The van der Waals surface area contributed by atoms with Crippen LogP contribution in [0, 0.1) is 0 Å². The summed E-state index contributed by atoms with van der Waals surface area (Å²) in [4.78, 5) is 0. The maximum Gasteiger partial charge on any atom is 0.0645 e. The second kappa shape index (κ2) is 3.95. The first kappa shape index (κ1) is 3.61. The third-order valence-electron chi connectivity index (χ3n) is 2.14. The summed E-state index contributed by atoms with van der Waals surface area (Å²) in [7, 11) is 0. The van der Waals surface area contributed by atoms with E-state index in [9.17, 15) is 0 Å². The van der Waals surface area contributed by atoms with Gasteiger partial charge in [0.15, 0.2) is 0 Å². The second-order valence-corrected chi connectivity index (χ2v) is 3.29. The van der Waals surface area contributed by atoms with Gasteiger partial charge < -0.3 is 5.73 Å². The zero-order chi connectivity index (χ0) is 21.2. The lowest BCUT2D eigenvalue weighted by atomic mass is 10.0. The Morgan fingerprint density at radius 1 is 0.706 bits per heavy atom. The van der Waals surface area contributed by atoms with Gasteiger partial charge in [-0.05, 0) is 40.0 Å². The Kier molecular flexibility index (Phi) is 0.837. The van der Waals surface area contributed by atoms with Crippen molar-refractivity contribution < 1.29 is 15.1 Å². The lowest BCUT2D eigenvalue weighted by Crippen LogP contribution is -1.84. The molecule has 0 aliphatic heterocycles. The summed E-state index contributed by atoms with van der Waals surface area (Å²) in [6.45, 7) is 0. The first-order chi connectivity index (χ1) is 12.9. The highest BCUT2D eigenvalue weighted by atomic mass is 14.5. The smallest absolute Gasteiger partial charge is 0.0645 e. The molecule has 0 bridgehead atoms. The van der Waals surface area contributed by atoms with E-state index in [1.54, 1.807) is 0 Å². The van der Waals surface area contributed by atoms with Gasteiger partial charge in [-0.3, -0.25) is 0 Å². The number of nitrogens with two attached hydrogens (primary N) is 1. The molecule has 17 heavy (non-hydrogen) atoms. The zero-order valence-corrected chi connectivity index (χ0v) is 8.58. The fraction of sp³-hybridized carbons (Fsp3) is 0. The summed E-state index contributed by atoms with van der Waals surface area (Å²) in [5.74, 6) is 0. The molecule has 0 aliphatic carbocycles. The molecule has 3 rings (SSSR count). The Morgan fingerprint density at radius 3 is 2.12 bits per heavy atom. The lowest BCUT2D eigenvalue weighted by Gasteiger charge is -2.04. The van der Waals surface area contributed by atoms with Gasteiger partial charge in [-0.1, -0.05) is 48.3 Å². The molecule has 0 atom stereocenters. The number of hydrogen-bond acceptors (Lipinski definition) is 1. The van der Waals surface area contributed by atoms with Crippen LogP contribution in [0.1, 0.15) is 15.1 Å². The fourth-order valence-corrected chi connectivity index (χ4v) is 1.35. The summed E-state index contributed by atoms with van der Waals surface area (Å²) in [6.07, 6.45) is 0. The molecular formula is C16H13N. The van der Waals surface area contributed by atoms with Crippen LogP contribution in [0.5, 0.6) is 0 Å². The largest absolute Gasteiger partial charge is 0.399 e. The Labute approximate surface area is 116 Å². The van der Waals surface area contributed by atoms with Crippen LogP contribution >= 0.6 is 0 Å². The van der Waals surface area contributed by atoms with Gasteiger partial charge >= 0.3 is 0 Å². The van der Waals surface area contributed by atoms with Gasteiger partial charge in [-0.2, -0.15) is 0 Å². The van der Waals surface area contributed by atoms with Crippen LogP contribution in [-0.2, 0) is 0 Å². The van der Waals surface area contributed by atoms with Crippen LogP contribution < -0.4 is 5.73 Å². The average Bonchev–Trinajstić information content (AvgIpc) is 2.66. The van der Waals surface area contributed by atoms with Gasteiger partial charge in [0.2, 0.25) is 0 Å². The first-order valence-electron chi connectivity index (χ1n) is 10.3. The Hall–Kier alpha value is -2.28. The molecule has 0 fully saturated rings. The van der Waals surface area contributed by atoms with Crippen LogP contribution in [0.2, 0.25) is 0 Å². The van der Waals surface area contributed by atoms with E-state index >= 15 is 0 Å². The molecule has 3 aromatic carbocycles. The SMILES string of the molecule is [2H]c1c([2H])c(-c2c([2H])c([2H])c3c([2H])c([2H])c([2H])c([2H])c3c2[2H])c([2H])c([2H])c1N. The van der Waals surface area contributed by atoms with Gasteiger partial charge in [-0.25, -0.2) is 0 Å². The van der Waals surface area contributed by atoms with E-state index in [1.165, 1.54) is 0 Å². The van der Waals surface area contributed by atoms with Crippen LogP contribution in [-0.4, -0.2) is 0 Å². The number of anilines is 1. The van der Waals surface area contributed by atoms with E-state index in [1.807, 2.05) is 0 Å². The van der Waals surface area contributed by atoms with Crippen LogP contribution in [0.25, 0.3) is 21.9 Å². The quantitative estimate of drug-likeness (QED) is 0.626. The van der Waals surface area contributed by atoms with Gasteiger partial charge in [0.1, 0.15) is 0 Å². The van der Waals surface area contributed by atoms with Gasteiger partial charge in [-0.15, -0.1) is 0 Å². The molecule has 3 aromatic rings. The van der Waals surface area contributed by atoms with Crippen molar-refractivity contribution in [1.82, 2.24) is 0 Å². The van der Waals surface area contributed by atoms with E-state index in [0.29, 0.717) is 0 Å². The highest BCUT2D eigenvalue weighted by Gasteiger charge is 1.98. The molecule has 0 heterocycles. The zero-order valence-electron chi connectivity index (χ0n) is 19.6. The third-order valence-corrected chi connectivity index (χ3v) is 2.14. The second-order valence-electron chi connectivity index (χ2n) is 3.29. The maximum absolute atomic E-state index is 8.44. The minimum atomic E-state index is -0.631. The van der Waals surface area contributed by atoms with Crippen LogP contribution in [0.4, 0.5) is 5.69 Å². The van der Waals surface area contributed by atoms with E-state index in [2.05, 4.69) is 0 Å². The highest BCUT2D eigenvalue weighted by Crippen LogP contribution is 2.24. The summed E-state index contributed by atoms with van der Waals surface area (Å²) in [5, 5.41) is -0.633. The molecule has 0 saturated carbocycles. The molecule has 0 spiro atoms. The molecule has 0 unspecified atom stereocenters. The minimum absolute atomic E-state index is 0.310. The van der Waals surface area contributed by atoms with E-state index in [0.717, 1.165) is 0 Å². The molecule has 0 amide bonds. The monoisotopic (exact) mass is 230 g/mol. The molecule has 0 aromatic heterocycles. The number of fused-ring (bicyclic) bond motifs is 1. The summed E-state index contributed by atoms with van der Waals surface area (Å²) in [5.41, 5.74) is 4.33. The lowest BCUT2D eigenvalue weighted by molar-refractivity contribution is 1.63. The van der Waals surface area contributed by atoms with Crippen molar-refractivity contribution in [2.75, 3.05) is 5.73 Å². The third kappa shape index (κ3) is 1.87. The Morgan fingerprint density at radius 2 is 1.35 bits per heavy atom. The number of hydrogen-bond donors (Lipinski definition) is 1. The van der Waals surface area contributed by atoms with Crippen molar-refractivity contribution in [3.63, 3.8) is 0 Å². The predicted octanol–water partition coefficient (Wildman–Crippen LogP) is 4.09. The normalized spacial score (nSPS) is 19.6. The van der Waals surface area contributed by atoms with Gasteiger partial charge in [0.25, 0.3) is 0 Å². The molecule has 1 nitrogen and oxygen atoms in total. The standard InChI is InChI=1S/C16H13N/c17-16-9-7-13(8-10-16)15-6-5-12-3-1-2-4-14(12)11-15/h1-11H,17H2/i1D,2D,3D,4D,5D,6D,7D,8D,9D,10D,11D. The van der Waals surface area contributed by atoms with E-state index < -0.39 is 83.3 Å². The van der Waals surface area contributed by atoms with Crippen molar-refractivity contribution in [2.45, 2.75) is 0 Å². The van der Waals surface area contributed by atoms with Crippen LogP contribution in [0.15, 0.2) is 66.5 Å². The molecule has 2 N–H and O–H groups in total. The topological polar surface area (TPSA) is 26.0 Å². The van der Waals surface area contributed by atoms with Crippen molar-refractivity contribution in [3.8, 4) is 11.1 Å². The van der Waals surface area contributed by atoms with Crippen molar-refractivity contribution >= 4 is 16.5 Å². The predicted molar refractivity (Wildman–Crippen MR) is 73.8 cm³/mol. The molecule has 0 aliphatic rings. The maximum atomic E-state index is 8.44. The van der Waals surface area contributed by atoms with E-state index in [-0.39, 0.29) is 10.8 Å². The Bertz CT molecular complexity index is 1160. The fourth-order valence-electron chi connectivity index (χ4n) is 1.35. The van der Waals surface area contributed by atoms with Gasteiger partial charge in [0.05, 0.1) is 15.1 Å². The van der Waals surface area contributed by atoms with Crippen molar-refractivity contribution in [2.24, 2.45) is 0 Å². The molecule has 82 valence electrons. The molecular weight excluding hydrogens is 206 g/mol. The average molecular weight is 230 g/mol. The number of rotatable bonds is 1.